The van der Waals surface area contributed by atoms with E-state index in [1.807, 2.05) is 0 Å². The van der Waals surface area contributed by atoms with E-state index >= 15 is 0 Å². The van der Waals surface area contributed by atoms with Crippen LogP contribution in [0.15, 0.2) is 12.7 Å². The van der Waals surface area contributed by atoms with Crippen molar-refractivity contribution in [2.45, 2.75) is 0 Å². The number of hydrogen-bond acceptors (Lipinski definition) is 2. The van der Waals surface area contributed by atoms with Crippen LogP contribution < -0.4 is 0 Å². The second-order valence-electron chi connectivity index (χ2n) is 1.07. The van der Waals surface area contributed by atoms with Crippen molar-refractivity contribution in [3.05, 3.63) is 12.7 Å². The normalized spacial score (nSPS) is 8.57. The lowest BCUT2D eigenvalue weighted by Crippen LogP contribution is -2.00. The first-order chi connectivity index (χ1) is 3.41. The SMILES string of the molecule is C=CCOBO[SiH3]. The van der Waals surface area contributed by atoms with Gasteiger partial charge in [-0.1, -0.05) is 6.08 Å². The molecule has 0 heterocycles. The Bertz CT molecular complexity index is 50.2. The van der Waals surface area contributed by atoms with Gasteiger partial charge in [0.2, 0.25) is 0 Å². The Morgan fingerprint density at radius 2 is 2.57 bits per heavy atom. The third-order valence-corrected chi connectivity index (χ3v) is 0.673. The molecule has 4 heteroatoms. The second kappa shape index (κ2) is 5.94. The van der Waals surface area contributed by atoms with E-state index in [0.29, 0.717) is 14.3 Å². The third-order valence-electron chi connectivity index (χ3n) is 0.437. The zero-order chi connectivity index (χ0) is 5.54. The highest BCUT2D eigenvalue weighted by Crippen LogP contribution is 1.68. The van der Waals surface area contributed by atoms with Gasteiger partial charge in [-0.25, -0.2) is 0 Å². The van der Waals surface area contributed by atoms with Gasteiger partial charge in [-0.3, -0.25) is 0 Å². The van der Waals surface area contributed by atoms with E-state index in [1.165, 1.54) is 0 Å². The summed E-state index contributed by atoms with van der Waals surface area (Å²) >= 11 is 0. The molecule has 0 aliphatic carbocycles. The summed E-state index contributed by atoms with van der Waals surface area (Å²) < 4.78 is 9.54. The van der Waals surface area contributed by atoms with Gasteiger partial charge in [0.05, 0.1) is 0 Å². The van der Waals surface area contributed by atoms with Crippen molar-refractivity contribution in [2.75, 3.05) is 6.61 Å². The van der Waals surface area contributed by atoms with E-state index in [0.717, 1.165) is 10.5 Å². The van der Waals surface area contributed by atoms with Crippen molar-refractivity contribution < 1.29 is 9.00 Å². The molecule has 0 unspecified atom stereocenters. The minimum atomic E-state index is 0.415. The lowest BCUT2D eigenvalue weighted by atomic mass is 10.4. The highest BCUT2D eigenvalue weighted by molar-refractivity contribution is 6.27. The lowest BCUT2D eigenvalue weighted by Gasteiger charge is -1.92. The van der Waals surface area contributed by atoms with Crippen LogP contribution in [0.5, 0.6) is 0 Å². The smallest absolute Gasteiger partial charge is 0.426 e. The summed E-state index contributed by atoms with van der Waals surface area (Å²) in [7, 11) is 1.16. The molecular formula is C3H9BO2Si. The zero-order valence-electron chi connectivity index (χ0n) is 4.52. The molecule has 0 saturated heterocycles. The molecule has 7 heavy (non-hydrogen) atoms. The Hall–Kier alpha value is -0.0582. The average Bonchev–Trinajstić information content (AvgIpc) is 1.69. The second-order valence-corrected chi connectivity index (χ2v) is 1.64. The maximum absolute atomic E-state index is 4.83. The highest BCUT2D eigenvalue weighted by atomic mass is 28.2. The van der Waals surface area contributed by atoms with Crippen LogP contribution >= 0.6 is 0 Å². The Morgan fingerprint density at radius 3 is 3.00 bits per heavy atom. The number of rotatable bonds is 4. The average molecular weight is 116 g/mol. The molecule has 0 aromatic carbocycles. The first kappa shape index (κ1) is 6.94. The van der Waals surface area contributed by atoms with Gasteiger partial charge >= 0.3 is 7.69 Å². The van der Waals surface area contributed by atoms with E-state index in [1.54, 1.807) is 6.08 Å². The standard InChI is InChI=1S/C3H9BO2Si/c1-2-3-5-4-6-7/h2,4H,1,3H2,7H3. The predicted molar refractivity (Wildman–Crippen MR) is 34.3 cm³/mol. The van der Waals surface area contributed by atoms with E-state index in [2.05, 4.69) is 6.58 Å². The van der Waals surface area contributed by atoms with E-state index < -0.39 is 0 Å². The molecule has 0 amide bonds. The molecule has 0 rings (SSSR count). The molecule has 0 fully saturated rings. The summed E-state index contributed by atoms with van der Waals surface area (Å²) in [5.74, 6) is 0. The monoisotopic (exact) mass is 116 g/mol. The summed E-state index contributed by atoms with van der Waals surface area (Å²) in [6, 6.07) is 0. The Labute approximate surface area is 47.4 Å². The molecule has 0 bridgehead atoms. The van der Waals surface area contributed by atoms with Gasteiger partial charge in [-0.15, -0.1) is 6.58 Å². The Kier molecular flexibility index (Phi) is 5.89. The Balaban J connectivity index is 2.56. The molecule has 0 aromatic heterocycles. The summed E-state index contributed by atoms with van der Waals surface area (Å²) in [4.78, 5) is 0. The molecule has 40 valence electrons. The van der Waals surface area contributed by atoms with E-state index in [4.69, 9.17) is 9.00 Å². The fourth-order valence-corrected chi connectivity index (χ4v) is 0.381. The van der Waals surface area contributed by atoms with Crippen LogP contribution in [0.4, 0.5) is 0 Å². The van der Waals surface area contributed by atoms with Crippen LogP contribution in [-0.4, -0.2) is 24.8 Å². The molecular weight excluding hydrogens is 107 g/mol. The van der Waals surface area contributed by atoms with Crippen LogP contribution in [0.1, 0.15) is 0 Å². The third kappa shape index (κ3) is 5.94. The minimum Gasteiger partial charge on any atom is -0.464 e. The topological polar surface area (TPSA) is 18.5 Å². The molecule has 0 N–H and O–H groups in total. The van der Waals surface area contributed by atoms with Crippen molar-refractivity contribution in [3.63, 3.8) is 0 Å². The molecule has 0 saturated carbocycles. The fraction of sp³-hybridized carbons (Fsp3) is 0.333. The van der Waals surface area contributed by atoms with Gasteiger partial charge in [-0.05, 0) is 0 Å². The van der Waals surface area contributed by atoms with Gasteiger partial charge in [0.15, 0.2) is 0 Å². The number of hydrogen-bond donors (Lipinski definition) is 0. The quantitative estimate of drug-likeness (QED) is 0.259. The summed E-state index contributed by atoms with van der Waals surface area (Å²) in [5, 5.41) is 0. The lowest BCUT2D eigenvalue weighted by molar-refractivity contribution is 0.334. The molecule has 2 nitrogen and oxygen atoms in total. The first-order valence-corrected chi connectivity index (χ1v) is 2.91. The van der Waals surface area contributed by atoms with E-state index in [-0.39, 0.29) is 0 Å². The maximum Gasteiger partial charge on any atom is 0.426 e. The molecule has 0 aromatic rings. The molecule has 0 spiro atoms. The van der Waals surface area contributed by atoms with Crippen molar-refractivity contribution in [3.8, 4) is 0 Å². The minimum absolute atomic E-state index is 0.415. The fourth-order valence-electron chi connectivity index (χ4n) is 0.215. The van der Waals surface area contributed by atoms with Gasteiger partial charge in [0, 0.05) is 6.61 Å². The van der Waals surface area contributed by atoms with Crippen molar-refractivity contribution >= 4 is 18.2 Å². The van der Waals surface area contributed by atoms with Gasteiger partial charge in [0.1, 0.15) is 10.5 Å². The van der Waals surface area contributed by atoms with Crippen LogP contribution in [0.3, 0.4) is 0 Å². The van der Waals surface area contributed by atoms with Crippen molar-refractivity contribution in [1.29, 1.82) is 0 Å². The van der Waals surface area contributed by atoms with Crippen molar-refractivity contribution in [1.82, 2.24) is 0 Å². The summed E-state index contributed by atoms with van der Waals surface area (Å²) in [5.41, 5.74) is 0. The van der Waals surface area contributed by atoms with Gasteiger partial charge in [-0.2, -0.15) is 0 Å². The van der Waals surface area contributed by atoms with Crippen LogP contribution in [0.2, 0.25) is 0 Å². The highest BCUT2D eigenvalue weighted by Gasteiger charge is 1.80. The van der Waals surface area contributed by atoms with Crippen molar-refractivity contribution in [2.24, 2.45) is 0 Å². The largest absolute Gasteiger partial charge is 0.464 e. The molecule has 0 aliphatic heterocycles. The zero-order valence-corrected chi connectivity index (χ0v) is 6.52. The first-order valence-electron chi connectivity index (χ1n) is 2.09. The molecule has 0 radical (unpaired) electrons. The molecule has 0 atom stereocenters. The maximum atomic E-state index is 4.83. The molecule has 0 aliphatic rings. The Morgan fingerprint density at radius 1 is 1.86 bits per heavy atom. The van der Waals surface area contributed by atoms with Gasteiger partial charge < -0.3 is 9.00 Å². The van der Waals surface area contributed by atoms with E-state index in [9.17, 15) is 0 Å². The van der Waals surface area contributed by atoms with Crippen LogP contribution in [0.25, 0.3) is 0 Å². The summed E-state index contributed by atoms with van der Waals surface area (Å²) in [6.07, 6.45) is 1.70. The van der Waals surface area contributed by atoms with Crippen LogP contribution in [-0.2, 0) is 9.00 Å². The van der Waals surface area contributed by atoms with Crippen LogP contribution in [0, 0.1) is 0 Å². The summed E-state index contributed by atoms with van der Waals surface area (Å²) in [6.45, 7) is 4.05. The van der Waals surface area contributed by atoms with Gasteiger partial charge in [0.25, 0.3) is 0 Å². The predicted octanol–water partition coefficient (Wildman–Crippen LogP) is -1.25.